The molecule has 24 heavy (non-hydrogen) atoms. The van der Waals surface area contributed by atoms with Crippen LogP contribution in [0.5, 0.6) is 0 Å². The van der Waals surface area contributed by atoms with Crippen LogP contribution in [-0.2, 0) is 9.47 Å². The lowest BCUT2D eigenvalue weighted by Gasteiger charge is -2.42. The van der Waals surface area contributed by atoms with Gasteiger partial charge in [0.05, 0.1) is 10.1 Å². The summed E-state index contributed by atoms with van der Waals surface area (Å²) in [6.45, 7) is 0. The number of methoxy groups -OCH3 is 2. The zero-order valence-corrected chi connectivity index (χ0v) is 16.2. The monoisotopic (exact) mass is 404 g/mol. The number of ether oxygens (including phenoxy) is 2. The van der Waals surface area contributed by atoms with Crippen molar-refractivity contribution in [1.82, 2.24) is 0 Å². The van der Waals surface area contributed by atoms with Crippen molar-refractivity contribution in [3.05, 3.63) is 45.5 Å². The number of rotatable bonds is 2. The van der Waals surface area contributed by atoms with E-state index < -0.39 is 15.5 Å². The van der Waals surface area contributed by atoms with Gasteiger partial charge in [0.15, 0.2) is 0 Å². The Morgan fingerprint density at radius 3 is 1.67 bits per heavy atom. The lowest BCUT2D eigenvalue weighted by molar-refractivity contribution is -0.221. The summed E-state index contributed by atoms with van der Waals surface area (Å²) in [5, 5.41) is 0.742. The molecule has 0 aliphatic heterocycles. The lowest BCUT2D eigenvalue weighted by Crippen LogP contribution is -2.58. The van der Waals surface area contributed by atoms with E-state index in [9.17, 15) is 0 Å². The van der Waals surface area contributed by atoms with Gasteiger partial charge < -0.3 is 9.47 Å². The highest BCUT2D eigenvalue weighted by molar-refractivity contribution is 6.52. The van der Waals surface area contributed by atoms with Crippen LogP contribution < -0.4 is 0 Å². The summed E-state index contributed by atoms with van der Waals surface area (Å²) in [6, 6.07) is 8.51. The third-order valence-corrected chi connectivity index (χ3v) is 9.48. The fourth-order valence-corrected chi connectivity index (χ4v) is 8.54. The normalized spacial score (nSPS) is 46.6. The summed E-state index contributed by atoms with van der Waals surface area (Å²) >= 11 is 27.7. The van der Waals surface area contributed by atoms with Crippen molar-refractivity contribution >= 4 is 46.4 Å². The first-order valence-electron chi connectivity index (χ1n) is 8.03. The number of hydrogen-bond donors (Lipinski definition) is 0. The van der Waals surface area contributed by atoms with Gasteiger partial charge in [-0.25, -0.2) is 0 Å². The first kappa shape index (κ1) is 16.2. The fourth-order valence-electron chi connectivity index (χ4n) is 6.23. The Labute approximate surface area is 161 Å². The molecular weight excluding hydrogens is 390 g/mol. The van der Waals surface area contributed by atoms with Gasteiger partial charge in [-0.1, -0.05) is 47.5 Å². The van der Waals surface area contributed by atoms with Crippen LogP contribution in [0.4, 0.5) is 0 Å². The molecule has 5 rings (SSSR count). The highest BCUT2D eigenvalue weighted by Crippen LogP contribution is 2.82. The molecule has 6 atom stereocenters. The molecule has 0 saturated heterocycles. The molecule has 4 aliphatic rings. The number of fused-ring (bicyclic) bond motifs is 12. The second kappa shape index (κ2) is 4.65. The highest BCUT2D eigenvalue weighted by Gasteiger charge is 2.88. The molecule has 0 aromatic heterocycles. The Morgan fingerprint density at radius 2 is 1.29 bits per heavy atom. The molecule has 1 aromatic carbocycles. The highest BCUT2D eigenvalue weighted by atomic mass is 35.5. The molecule has 4 aliphatic carbocycles. The average Bonchev–Trinajstić information content (AvgIpc) is 3.24. The molecule has 0 unspecified atom stereocenters. The predicted octanol–water partition coefficient (Wildman–Crippen LogP) is 5.16. The van der Waals surface area contributed by atoms with Crippen molar-refractivity contribution in [2.45, 2.75) is 33.8 Å². The maximum atomic E-state index is 7.21. The van der Waals surface area contributed by atoms with E-state index in [4.69, 9.17) is 55.9 Å². The molecule has 0 heterocycles. The summed E-state index contributed by atoms with van der Waals surface area (Å²) in [4.78, 5) is -2.15. The average molecular weight is 406 g/mol. The number of hydrogen-bond acceptors (Lipinski definition) is 2. The van der Waals surface area contributed by atoms with Gasteiger partial charge >= 0.3 is 0 Å². The van der Waals surface area contributed by atoms with Gasteiger partial charge in [-0.3, -0.25) is 0 Å². The summed E-state index contributed by atoms with van der Waals surface area (Å²) < 4.78 is 11.7. The minimum Gasteiger partial charge on any atom is -0.350 e. The van der Waals surface area contributed by atoms with E-state index in [-0.39, 0.29) is 23.7 Å². The first-order chi connectivity index (χ1) is 11.4. The van der Waals surface area contributed by atoms with E-state index in [1.165, 1.54) is 11.1 Å². The van der Waals surface area contributed by atoms with E-state index in [1.807, 2.05) is 0 Å². The topological polar surface area (TPSA) is 18.5 Å². The third-order valence-electron chi connectivity index (χ3n) is 6.84. The Morgan fingerprint density at radius 1 is 0.875 bits per heavy atom. The second-order valence-corrected chi connectivity index (χ2v) is 9.15. The quantitative estimate of drug-likeness (QED) is 0.384. The standard InChI is InChI=1S/C18H16Cl4O2/c1-23-18(24-2)16(21)12-10-7-11(9-6-4-3-5-8(9)10)13(12)17(18,22)15(20)14(16)19/h3-6,10-13H,7H2,1-2H3/t10-,11-,12+,13+,16+,17+/m1/s1. The molecule has 0 radical (unpaired) electrons. The van der Waals surface area contributed by atoms with Gasteiger partial charge in [0.25, 0.3) is 0 Å². The van der Waals surface area contributed by atoms with Crippen molar-refractivity contribution in [3.63, 3.8) is 0 Å². The smallest absolute Gasteiger partial charge is 0.217 e. The molecule has 0 spiro atoms. The van der Waals surface area contributed by atoms with Crippen LogP contribution in [0.2, 0.25) is 0 Å². The fraction of sp³-hybridized carbons (Fsp3) is 0.556. The number of benzene rings is 1. The van der Waals surface area contributed by atoms with Gasteiger partial charge in [-0.15, -0.1) is 23.2 Å². The Bertz CT molecular complexity index is 730. The van der Waals surface area contributed by atoms with E-state index in [0.29, 0.717) is 10.1 Å². The molecule has 128 valence electrons. The molecule has 1 aromatic rings. The summed E-state index contributed by atoms with van der Waals surface area (Å²) in [6.07, 6.45) is 1.02. The molecule has 0 N–H and O–H groups in total. The largest absolute Gasteiger partial charge is 0.350 e. The third kappa shape index (κ3) is 1.29. The van der Waals surface area contributed by atoms with Crippen molar-refractivity contribution < 1.29 is 9.47 Å². The second-order valence-electron chi connectivity index (χ2n) is 7.21. The maximum absolute atomic E-state index is 7.21. The predicted molar refractivity (Wildman–Crippen MR) is 96.2 cm³/mol. The molecule has 4 bridgehead atoms. The zero-order chi connectivity index (χ0) is 17.1. The Balaban J connectivity index is 1.81. The molecule has 0 amide bonds. The molecule has 2 saturated carbocycles. The summed E-state index contributed by atoms with van der Waals surface area (Å²) in [7, 11) is 3.13. The van der Waals surface area contributed by atoms with Gasteiger partial charge in [0.2, 0.25) is 5.79 Å². The van der Waals surface area contributed by atoms with Crippen molar-refractivity contribution in [2.24, 2.45) is 11.8 Å². The number of alkyl halides is 2. The van der Waals surface area contributed by atoms with Crippen LogP contribution in [0.15, 0.2) is 34.3 Å². The van der Waals surface area contributed by atoms with Gasteiger partial charge in [0, 0.05) is 26.1 Å². The molecule has 6 heteroatoms. The van der Waals surface area contributed by atoms with Crippen LogP contribution >= 0.6 is 46.4 Å². The summed E-state index contributed by atoms with van der Waals surface area (Å²) in [5.41, 5.74) is 2.69. The van der Waals surface area contributed by atoms with Gasteiger partial charge in [0.1, 0.15) is 9.75 Å². The van der Waals surface area contributed by atoms with Crippen LogP contribution in [0.3, 0.4) is 0 Å². The molecule has 2 fully saturated rings. The van der Waals surface area contributed by atoms with Gasteiger partial charge in [-0.05, 0) is 29.4 Å². The SMILES string of the molecule is COC1(OC)[C@@]2(Cl)C(Cl)=C(Cl)[C@@]1(Cl)[C@@H]1[C@@H]2[C@@H]2C[C@@H]1c1ccccc12. The van der Waals surface area contributed by atoms with E-state index in [0.717, 1.165) is 6.42 Å². The van der Waals surface area contributed by atoms with Crippen LogP contribution in [0.1, 0.15) is 29.4 Å². The Hall–Kier alpha value is 0.0400. The zero-order valence-electron chi connectivity index (χ0n) is 13.2. The minimum absolute atomic E-state index is 0.0338. The minimum atomic E-state index is -1.27. The van der Waals surface area contributed by atoms with Crippen LogP contribution in [0, 0.1) is 11.8 Å². The Kier molecular flexibility index (Phi) is 3.15. The van der Waals surface area contributed by atoms with Crippen LogP contribution in [-0.4, -0.2) is 29.8 Å². The molecule has 2 nitrogen and oxygen atoms in total. The maximum Gasteiger partial charge on any atom is 0.217 e. The van der Waals surface area contributed by atoms with E-state index in [2.05, 4.69) is 24.3 Å². The van der Waals surface area contributed by atoms with Crippen LogP contribution in [0.25, 0.3) is 0 Å². The van der Waals surface area contributed by atoms with E-state index in [1.54, 1.807) is 14.2 Å². The number of halogens is 4. The van der Waals surface area contributed by atoms with Gasteiger partial charge in [-0.2, -0.15) is 0 Å². The van der Waals surface area contributed by atoms with Crippen molar-refractivity contribution in [2.75, 3.05) is 14.2 Å². The van der Waals surface area contributed by atoms with Crippen molar-refractivity contribution in [3.8, 4) is 0 Å². The lowest BCUT2D eigenvalue weighted by atomic mass is 9.70. The van der Waals surface area contributed by atoms with Crippen molar-refractivity contribution in [1.29, 1.82) is 0 Å². The molecular formula is C18H16Cl4O2. The van der Waals surface area contributed by atoms with E-state index >= 15 is 0 Å². The first-order valence-corrected chi connectivity index (χ1v) is 9.54. The summed E-state index contributed by atoms with van der Waals surface area (Å²) in [5.74, 6) is -0.626.